The van der Waals surface area contributed by atoms with Gasteiger partial charge in [0.05, 0.1) is 7.11 Å². The first kappa shape index (κ1) is 33.4. The maximum atomic E-state index is 13.8. The molecular weight excluding hydrogens is 548 g/mol. The summed E-state index contributed by atoms with van der Waals surface area (Å²) in [5.74, 6) is -1.96. The Morgan fingerprint density at radius 1 is 1.05 bits per heavy atom. The first-order valence-corrected chi connectivity index (χ1v) is 15.3. The number of nitrogens with one attached hydrogen (secondary N) is 4. The molecule has 3 rings (SSSR count). The molecule has 1 saturated heterocycles. The van der Waals surface area contributed by atoms with Gasteiger partial charge in [-0.1, -0.05) is 51.8 Å². The number of methoxy groups -OCH3 is 1. The number of esters is 1. The van der Waals surface area contributed by atoms with E-state index in [1.807, 2.05) is 58.9 Å². The van der Waals surface area contributed by atoms with Gasteiger partial charge in [0, 0.05) is 29.4 Å². The van der Waals surface area contributed by atoms with E-state index in [0.717, 1.165) is 36.6 Å². The summed E-state index contributed by atoms with van der Waals surface area (Å²) >= 11 is 0. The summed E-state index contributed by atoms with van der Waals surface area (Å²) in [5, 5.41) is 19.1. The molecule has 1 aliphatic rings. The molecule has 11 nitrogen and oxygen atoms in total. The number of benzene rings is 1. The molecule has 1 aliphatic heterocycles. The minimum Gasteiger partial charge on any atom is -0.467 e. The largest absolute Gasteiger partial charge is 0.467 e. The lowest BCUT2D eigenvalue weighted by molar-refractivity contribution is -0.145. The molecule has 1 aromatic heterocycles. The number of nitriles is 1. The van der Waals surface area contributed by atoms with Gasteiger partial charge in [0.25, 0.3) is 0 Å². The fraction of sp³-hybridized carbons (Fsp3) is 0.594. The van der Waals surface area contributed by atoms with E-state index in [1.54, 1.807) is 4.90 Å². The molecule has 43 heavy (non-hydrogen) atoms. The number of nitrogens with zero attached hydrogens (tertiary/aromatic N) is 2. The summed E-state index contributed by atoms with van der Waals surface area (Å²) in [5.41, 5.74) is 1.58. The van der Waals surface area contributed by atoms with Gasteiger partial charge in [-0.2, -0.15) is 5.26 Å². The van der Waals surface area contributed by atoms with Crippen molar-refractivity contribution in [2.45, 2.75) is 110 Å². The Labute approximate surface area is 254 Å². The van der Waals surface area contributed by atoms with Crippen molar-refractivity contribution in [3.8, 4) is 6.07 Å². The Balaban J connectivity index is 1.91. The monoisotopic (exact) mass is 594 g/mol. The number of unbranched alkanes of at least 4 members (excludes halogenated alkanes) is 1. The molecule has 11 heteroatoms. The van der Waals surface area contributed by atoms with Crippen LogP contribution in [0.2, 0.25) is 0 Å². The third kappa shape index (κ3) is 8.27. The lowest BCUT2D eigenvalue weighted by Gasteiger charge is -2.40. The van der Waals surface area contributed by atoms with Crippen LogP contribution in [0, 0.1) is 17.2 Å². The third-order valence-electron chi connectivity index (χ3n) is 8.27. The van der Waals surface area contributed by atoms with Crippen LogP contribution in [0.5, 0.6) is 0 Å². The quantitative estimate of drug-likeness (QED) is 0.273. The molecule has 2 heterocycles. The molecule has 234 valence electrons. The minimum absolute atomic E-state index is 0.00882. The molecular formula is C32H46N6O5. The number of H-pyrrole nitrogens is 1. The molecule has 1 fully saturated rings. The van der Waals surface area contributed by atoms with E-state index in [2.05, 4.69) is 27.0 Å². The van der Waals surface area contributed by atoms with Crippen LogP contribution in [0.1, 0.15) is 84.4 Å². The summed E-state index contributed by atoms with van der Waals surface area (Å²) in [6, 6.07) is 6.32. The number of carbonyl (C=O) groups is 4. The summed E-state index contributed by atoms with van der Waals surface area (Å²) < 4.78 is 4.92. The van der Waals surface area contributed by atoms with Gasteiger partial charge >= 0.3 is 12.0 Å². The van der Waals surface area contributed by atoms with Crippen molar-refractivity contribution in [2.75, 3.05) is 7.11 Å². The Hall–Kier alpha value is -4.07. The van der Waals surface area contributed by atoms with E-state index in [-0.39, 0.29) is 36.1 Å². The Morgan fingerprint density at radius 3 is 2.30 bits per heavy atom. The van der Waals surface area contributed by atoms with Crippen molar-refractivity contribution in [3.63, 3.8) is 0 Å². The first-order chi connectivity index (χ1) is 20.5. The van der Waals surface area contributed by atoms with Crippen LogP contribution in [-0.4, -0.2) is 71.0 Å². The SMILES string of the molecule is CCCC[C@@H](NC(=O)[C@@H](Cc1c(C#N)[nH]c2ccccc12)NC(=O)[C@@H](NC(=O)N1[C@H](C)CCC[C@@H]1C)C(C)C)C(=O)OC. The van der Waals surface area contributed by atoms with E-state index in [4.69, 9.17) is 4.74 Å². The van der Waals surface area contributed by atoms with Crippen LogP contribution in [0.3, 0.4) is 0 Å². The zero-order chi connectivity index (χ0) is 31.7. The smallest absolute Gasteiger partial charge is 0.328 e. The highest BCUT2D eigenvalue weighted by atomic mass is 16.5. The number of fused-ring (bicyclic) bond motifs is 1. The molecule has 0 bridgehead atoms. The van der Waals surface area contributed by atoms with E-state index < -0.39 is 35.9 Å². The van der Waals surface area contributed by atoms with Gasteiger partial charge in [0.2, 0.25) is 11.8 Å². The van der Waals surface area contributed by atoms with E-state index in [9.17, 15) is 24.4 Å². The molecule has 0 aliphatic carbocycles. The average Bonchev–Trinajstić information content (AvgIpc) is 3.34. The summed E-state index contributed by atoms with van der Waals surface area (Å²) in [6.07, 6.45) is 4.70. The molecule has 0 unspecified atom stereocenters. The van der Waals surface area contributed by atoms with Gasteiger partial charge in [-0.15, -0.1) is 0 Å². The number of piperidine rings is 1. The van der Waals surface area contributed by atoms with E-state index in [1.165, 1.54) is 7.11 Å². The number of amides is 4. The van der Waals surface area contributed by atoms with Gasteiger partial charge < -0.3 is 30.6 Å². The highest BCUT2D eigenvalue weighted by Crippen LogP contribution is 2.25. The fourth-order valence-corrected chi connectivity index (χ4v) is 5.82. The minimum atomic E-state index is -1.14. The zero-order valence-electron chi connectivity index (χ0n) is 26.2. The molecule has 1 aromatic carbocycles. The Kier molecular flexibility index (Phi) is 12.0. The number of urea groups is 1. The fourth-order valence-electron chi connectivity index (χ4n) is 5.82. The van der Waals surface area contributed by atoms with Gasteiger partial charge in [-0.05, 0) is 57.1 Å². The third-order valence-corrected chi connectivity index (χ3v) is 8.27. The van der Waals surface area contributed by atoms with Crippen LogP contribution >= 0.6 is 0 Å². The van der Waals surface area contributed by atoms with Crippen molar-refractivity contribution >= 4 is 34.7 Å². The number of aromatic amines is 1. The van der Waals surface area contributed by atoms with Crippen molar-refractivity contribution in [1.29, 1.82) is 5.26 Å². The van der Waals surface area contributed by atoms with Crippen LogP contribution in [0.15, 0.2) is 24.3 Å². The second-order valence-corrected chi connectivity index (χ2v) is 11.8. The van der Waals surface area contributed by atoms with Crippen molar-refractivity contribution in [3.05, 3.63) is 35.5 Å². The number of rotatable bonds is 12. The number of carbonyl (C=O) groups excluding carboxylic acids is 4. The maximum Gasteiger partial charge on any atom is 0.328 e. The topological polar surface area (TPSA) is 156 Å². The standard InChI is InChI=1S/C32H46N6O5/c1-7-8-15-25(31(41)43-6)35-29(39)26(17-23-22-14-9-10-16-24(22)34-27(23)18-33)36-30(40)28(19(2)3)37-32(42)38-20(4)12-11-13-21(38)5/h9-10,14,16,19-21,25-26,28,34H,7-8,11-13,15,17H2,1-6H3,(H,35,39)(H,36,40)(H,37,42)/t20-,21+,25-,26-,28+/m1/s1. The van der Waals surface area contributed by atoms with Crippen molar-refractivity contribution in [1.82, 2.24) is 25.8 Å². The molecule has 0 radical (unpaired) electrons. The molecule has 0 saturated carbocycles. The van der Waals surface area contributed by atoms with Crippen molar-refractivity contribution in [2.24, 2.45) is 5.92 Å². The Bertz CT molecular complexity index is 1320. The number of aromatic nitrogens is 1. The van der Waals surface area contributed by atoms with Crippen LogP contribution in [0.4, 0.5) is 4.79 Å². The molecule has 4 amide bonds. The number of hydrogen-bond acceptors (Lipinski definition) is 6. The zero-order valence-corrected chi connectivity index (χ0v) is 26.2. The highest BCUT2D eigenvalue weighted by Gasteiger charge is 2.35. The second-order valence-electron chi connectivity index (χ2n) is 11.8. The second kappa shape index (κ2) is 15.4. The van der Waals surface area contributed by atoms with Gasteiger partial charge in [0.1, 0.15) is 29.9 Å². The van der Waals surface area contributed by atoms with Gasteiger partial charge in [-0.25, -0.2) is 9.59 Å². The van der Waals surface area contributed by atoms with Crippen LogP contribution in [-0.2, 0) is 25.5 Å². The summed E-state index contributed by atoms with van der Waals surface area (Å²) in [7, 11) is 1.26. The maximum absolute atomic E-state index is 13.8. The lowest BCUT2D eigenvalue weighted by Crippen LogP contribution is -2.60. The predicted octanol–water partition coefficient (Wildman–Crippen LogP) is 3.91. The summed E-state index contributed by atoms with van der Waals surface area (Å²) in [4.78, 5) is 58.3. The molecule has 5 atom stereocenters. The molecule has 4 N–H and O–H groups in total. The number of ether oxygens (including phenoxy) is 1. The van der Waals surface area contributed by atoms with Gasteiger partial charge in [0.15, 0.2) is 0 Å². The average molecular weight is 595 g/mol. The predicted molar refractivity (Wildman–Crippen MR) is 164 cm³/mol. The first-order valence-electron chi connectivity index (χ1n) is 15.3. The number of para-hydroxylation sites is 1. The Morgan fingerprint density at radius 2 is 1.70 bits per heavy atom. The van der Waals surface area contributed by atoms with E-state index >= 15 is 0 Å². The molecule has 0 spiro atoms. The van der Waals surface area contributed by atoms with Gasteiger partial charge in [-0.3, -0.25) is 9.59 Å². The van der Waals surface area contributed by atoms with Crippen LogP contribution in [0.25, 0.3) is 10.9 Å². The highest BCUT2D eigenvalue weighted by molar-refractivity contribution is 5.94. The van der Waals surface area contributed by atoms with Crippen molar-refractivity contribution < 1.29 is 23.9 Å². The molecule has 2 aromatic rings. The number of hydrogen-bond donors (Lipinski definition) is 4. The number of likely N-dealkylation sites (tertiary alicyclic amines) is 1. The lowest BCUT2D eigenvalue weighted by atomic mass is 9.97. The van der Waals surface area contributed by atoms with Crippen LogP contribution < -0.4 is 16.0 Å². The van der Waals surface area contributed by atoms with E-state index in [0.29, 0.717) is 18.4 Å². The normalized spacial score (nSPS) is 18.8. The summed E-state index contributed by atoms with van der Waals surface area (Å²) in [6.45, 7) is 9.64.